The van der Waals surface area contributed by atoms with Gasteiger partial charge in [0.25, 0.3) is 0 Å². The van der Waals surface area contributed by atoms with Gasteiger partial charge in [0, 0.05) is 5.56 Å². The van der Waals surface area contributed by atoms with E-state index in [1.165, 1.54) is 0 Å². The van der Waals surface area contributed by atoms with Crippen molar-refractivity contribution in [3.8, 4) is 0 Å². The van der Waals surface area contributed by atoms with E-state index in [4.69, 9.17) is 4.52 Å². The highest BCUT2D eigenvalue weighted by Crippen LogP contribution is 2.40. The number of amides is 1. The van der Waals surface area contributed by atoms with Crippen LogP contribution in [0.4, 0.5) is 0 Å². The third-order valence-electron chi connectivity index (χ3n) is 4.14. The normalized spacial score (nSPS) is 19.2. The smallest absolute Gasteiger partial charge is 0.329 e. The van der Waals surface area contributed by atoms with Crippen LogP contribution in [0.25, 0.3) is 0 Å². The molecule has 0 saturated heterocycles. The maximum absolute atomic E-state index is 12.4. The Morgan fingerprint density at radius 3 is 2.45 bits per heavy atom. The van der Waals surface area contributed by atoms with Crippen LogP contribution in [0.5, 0.6) is 0 Å². The first-order valence-corrected chi connectivity index (χ1v) is 6.75. The number of nitrogens with zero attached hydrogens (tertiary/aromatic N) is 1. The standard InChI is InChI=1S/C14H20N2O4/c1-7(11-8(2)16-20-9(11)3)12(17)15-14(4,13(18)19)10-5-6-10/h7,10H,5-6H2,1-4H3,(H,15,17)(H,18,19)/t7-,14+/m1/s1. The van der Waals surface area contributed by atoms with Gasteiger partial charge in [0.1, 0.15) is 11.3 Å². The SMILES string of the molecule is Cc1noc(C)c1[C@@H](C)C(=O)N[C@](C)(C(=O)O)C1CC1. The van der Waals surface area contributed by atoms with Crippen molar-refractivity contribution in [3.05, 3.63) is 17.0 Å². The number of aromatic nitrogens is 1. The van der Waals surface area contributed by atoms with Crippen molar-refractivity contribution in [1.29, 1.82) is 0 Å². The van der Waals surface area contributed by atoms with E-state index in [0.717, 1.165) is 18.4 Å². The van der Waals surface area contributed by atoms with Crippen LogP contribution in [0.3, 0.4) is 0 Å². The van der Waals surface area contributed by atoms with Crippen LogP contribution in [0.15, 0.2) is 4.52 Å². The Morgan fingerprint density at radius 1 is 1.45 bits per heavy atom. The molecular formula is C14H20N2O4. The van der Waals surface area contributed by atoms with Gasteiger partial charge in [-0.3, -0.25) is 4.79 Å². The van der Waals surface area contributed by atoms with Gasteiger partial charge in [0.2, 0.25) is 5.91 Å². The lowest BCUT2D eigenvalue weighted by Gasteiger charge is -2.27. The van der Waals surface area contributed by atoms with E-state index >= 15 is 0 Å². The summed E-state index contributed by atoms with van der Waals surface area (Å²) in [5.74, 6) is -1.18. The van der Waals surface area contributed by atoms with Gasteiger partial charge in [0.15, 0.2) is 0 Å². The van der Waals surface area contributed by atoms with Crippen molar-refractivity contribution >= 4 is 11.9 Å². The molecule has 0 radical (unpaired) electrons. The number of aliphatic carboxylic acids is 1. The fourth-order valence-electron chi connectivity index (χ4n) is 2.59. The van der Waals surface area contributed by atoms with E-state index in [1.807, 2.05) is 0 Å². The second kappa shape index (κ2) is 4.92. The largest absolute Gasteiger partial charge is 0.480 e. The van der Waals surface area contributed by atoms with Gasteiger partial charge in [-0.05, 0) is 46.5 Å². The highest BCUT2D eigenvalue weighted by Gasteiger charge is 2.49. The Hall–Kier alpha value is -1.85. The molecule has 1 aliphatic carbocycles. The number of hydrogen-bond acceptors (Lipinski definition) is 4. The molecule has 20 heavy (non-hydrogen) atoms. The molecule has 110 valence electrons. The van der Waals surface area contributed by atoms with Crippen molar-refractivity contribution in [2.24, 2.45) is 5.92 Å². The van der Waals surface area contributed by atoms with E-state index in [1.54, 1.807) is 27.7 Å². The van der Waals surface area contributed by atoms with Gasteiger partial charge in [-0.15, -0.1) is 0 Å². The average Bonchev–Trinajstić information content (AvgIpc) is 3.16. The lowest BCUT2D eigenvalue weighted by atomic mass is 9.92. The highest BCUT2D eigenvalue weighted by molar-refractivity contribution is 5.90. The summed E-state index contributed by atoms with van der Waals surface area (Å²) in [6.45, 7) is 6.82. The van der Waals surface area contributed by atoms with E-state index in [-0.39, 0.29) is 11.8 Å². The van der Waals surface area contributed by atoms with Gasteiger partial charge in [-0.1, -0.05) is 5.16 Å². The summed E-state index contributed by atoms with van der Waals surface area (Å²) in [6.07, 6.45) is 1.67. The number of carbonyl (C=O) groups excluding carboxylic acids is 1. The molecule has 1 aliphatic rings. The second-order valence-electron chi connectivity index (χ2n) is 5.73. The first-order valence-electron chi connectivity index (χ1n) is 6.75. The molecule has 1 aromatic heterocycles. The number of carbonyl (C=O) groups is 2. The van der Waals surface area contributed by atoms with Gasteiger partial charge >= 0.3 is 5.97 Å². The molecule has 1 aromatic rings. The van der Waals surface area contributed by atoms with E-state index < -0.39 is 17.4 Å². The number of carboxylic acid groups (broad SMARTS) is 1. The Balaban J connectivity index is 2.17. The van der Waals surface area contributed by atoms with Crippen molar-refractivity contribution in [1.82, 2.24) is 10.5 Å². The summed E-state index contributed by atoms with van der Waals surface area (Å²) in [7, 11) is 0. The molecule has 1 amide bonds. The summed E-state index contributed by atoms with van der Waals surface area (Å²) < 4.78 is 5.06. The zero-order chi connectivity index (χ0) is 15.1. The average molecular weight is 280 g/mol. The zero-order valence-corrected chi connectivity index (χ0v) is 12.2. The lowest BCUT2D eigenvalue weighted by molar-refractivity contribution is -0.148. The van der Waals surface area contributed by atoms with Crippen molar-refractivity contribution in [2.45, 2.75) is 52.0 Å². The summed E-state index contributed by atoms with van der Waals surface area (Å²) in [5, 5.41) is 15.9. The van der Waals surface area contributed by atoms with Crippen LogP contribution in [0, 0.1) is 19.8 Å². The summed E-state index contributed by atoms with van der Waals surface area (Å²) in [6, 6.07) is 0. The minimum absolute atomic E-state index is 0.0146. The van der Waals surface area contributed by atoms with Crippen LogP contribution in [-0.4, -0.2) is 27.7 Å². The zero-order valence-electron chi connectivity index (χ0n) is 12.2. The molecule has 2 atom stereocenters. The Kier molecular flexibility index (Phi) is 3.58. The van der Waals surface area contributed by atoms with E-state index in [9.17, 15) is 14.7 Å². The monoisotopic (exact) mass is 280 g/mol. The van der Waals surface area contributed by atoms with Gasteiger partial charge in [-0.25, -0.2) is 4.79 Å². The predicted molar refractivity (Wildman–Crippen MR) is 71.3 cm³/mol. The van der Waals surface area contributed by atoms with E-state index in [0.29, 0.717) is 11.5 Å². The lowest BCUT2D eigenvalue weighted by Crippen LogP contribution is -2.55. The number of hydrogen-bond donors (Lipinski definition) is 2. The number of aryl methyl sites for hydroxylation is 2. The molecular weight excluding hydrogens is 260 g/mol. The van der Waals surface area contributed by atoms with Crippen molar-refractivity contribution in [2.75, 3.05) is 0 Å². The Labute approximate surface area is 117 Å². The quantitative estimate of drug-likeness (QED) is 0.857. The predicted octanol–water partition coefficient (Wildman–Crippen LogP) is 1.76. The number of carboxylic acids is 1. The fourth-order valence-corrected chi connectivity index (χ4v) is 2.59. The molecule has 6 heteroatoms. The maximum Gasteiger partial charge on any atom is 0.329 e. The fraction of sp³-hybridized carbons (Fsp3) is 0.643. The maximum atomic E-state index is 12.4. The van der Waals surface area contributed by atoms with Crippen LogP contribution in [0.1, 0.15) is 49.6 Å². The molecule has 1 heterocycles. The summed E-state index contributed by atoms with van der Waals surface area (Å²) >= 11 is 0. The van der Waals surface area contributed by atoms with Gasteiger partial charge in [0.05, 0.1) is 11.6 Å². The van der Waals surface area contributed by atoms with Gasteiger partial charge in [-0.2, -0.15) is 0 Å². The third-order valence-corrected chi connectivity index (χ3v) is 4.14. The topological polar surface area (TPSA) is 92.4 Å². The van der Waals surface area contributed by atoms with Crippen LogP contribution >= 0.6 is 0 Å². The third kappa shape index (κ3) is 2.42. The van der Waals surface area contributed by atoms with Gasteiger partial charge < -0.3 is 14.9 Å². The molecule has 2 N–H and O–H groups in total. The van der Waals surface area contributed by atoms with Crippen molar-refractivity contribution in [3.63, 3.8) is 0 Å². The molecule has 0 aromatic carbocycles. The Morgan fingerprint density at radius 2 is 2.05 bits per heavy atom. The minimum atomic E-state index is -1.19. The first kappa shape index (κ1) is 14.6. The van der Waals surface area contributed by atoms with Crippen LogP contribution in [-0.2, 0) is 9.59 Å². The molecule has 2 rings (SSSR count). The number of nitrogens with one attached hydrogen (secondary N) is 1. The van der Waals surface area contributed by atoms with Crippen LogP contribution in [0.2, 0.25) is 0 Å². The minimum Gasteiger partial charge on any atom is -0.480 e. The summed E-state index contributed by atoms with van der Waals surface area (Å²) in [4.78, 5) is 23.8. The van der Waals surface area contributed by atoms with E-state index in [2.05, 4.69) is 10.5 Å². The molecule has 0 aliphatic heterocycles. The molecule has 6 nitrogen and oxygen atoms in total. The first-order chi connectivity index (χ1) is 9.27. The molecule has 1 fully saturated rings. The highest BCUT2D eigenvalue weighted by atomic mass is 16.5. The summed E-state index contributed by atoms with van der Waals surface area (Å²) in [5.41, 5.74) is 0.198. The molecule has 0 spiro atoms. The molecule has 0 bridgehead atoms. The Bertz CT molecular complexity index is 528. The van der Waals surface area contributed by atoms with Crippen LogP contribution < -0.4 is 5.32 Å². The van der Waals surface area contributed by atoms with Crippen molar-refractivity contribution < 1.29 is 19.2 Å². The molecule has 1 saturated carbocycles. The number of rotatable bonds is 5. The molecule has 0 unspecified atom stereocenters. The second-order valence-corrected chi connectivity index (χ2v) is 5.73.